The lowest BCUT2D eigenvalue weighted by Gasteiger charge is -2.05. The van der Waals surface area contributed by atoms with E-state index in [0.717, 1.165) is 12.1 Å². The summed E-state index contributed by atoms with van der Waals surface area (Å²) in [7, 11) is 0. The first kappa shape index (κ1) is 13.5. The molecule has 0 saturated heterocycles. The maximum atomic E-state index is 12.0. The van der Waals surface area contributed by atoms with Crippen molar-refractivity contribution in [1.82, 2.24) is 0 Å². The number of amides is 1. The van der Waals surface area contributed by atoms with Crippen LogP contribution in [0.2, 0.25) is 0 Å². The van der Waals surface area contributed by atoms with Gasteiger partial charge in [0.05, 0.1) is 10.5 Å². The van der Waals surface area contributed by atoms with Crippen molar-refractivity contribution in [2.45, 2.75) is 6.43 Å². The fraction of sp³-hybridized carbons (Fsp3) is 0.111. The Morgan fingerprint density at radius 2 is 2.00 bits per heavy atom. The Bertz CT molecular complexity index is 518. The topological polar surface area (TPSA) is 110 Å². The Labute approximate surface area is 98.2 Å². The van der Waals surface area contributed by atoms with Crippen molar-refractivity contribution in [3.63, 3.8) is 0 Å². The third-order valence-corrected chi connectivity index (χ3v) is 1.90. The minimum atomic E-state index is -3.33. The molecule has 18 heavy (non-hydrogen) atoms. The number of rotatable bonds is 4. The highest BCUT2D eigenvalue weighted by Gasteiger charge is 2.22. The summed E-state index contributed by atoms with van der Waals surface area (Å²) in [6.45, 7) is 0. The molecule has 0 unspecified atom stereocenters. The van der Waals surface area contributed by atoms with E-state index in [9.17, 15) is 28.5 Å². The number of aromatic carboxylic acids is 1. The second-order valence-electron chi connectivity index (χ2n) is 3.08. The van der Waals surface area contributed by atoms with E-state index in [4.69, 9.17) is 5.11 Å². The van der Waals surface area contributed by atoms with Gasteiger partial charge in [-0.05, 0) is 12.1 Å². The zero-order valence-corrected chi connectivity index (χ0v) is 8.59. The number of nitrogens with one attached hydrogen (secondary N) is 1. The number of carboxylic acids is 1. The molecule has 1 aromatic carbocycles. The van der Waals surface area contributed by atoms with Crippen molar-refractivity contribution in [3.8, 4) is 0 Å². The lowest BCUT2D eigenvalue weighted by molar-refractivity contribution is -0.384. The van der Waals surface area contributed by atoms with E-state index in [1.165, 1.54) is 0 Å². The number of hydrogen-bond acceptors (Lipinski definition) is 4. The largest absolute Gasteiger partial charge is 0.478 e. The Morgan fingerprint density at radius 1 is 1.39 bits per heavy atom. The van der Waals surface area contributed by atoms with Crippen LogP contribution >= 0.6 is 0 Å². The van der Waals surface area contributed by atoms with Gasteiger partial charge in [0.25, 0.3) is 11.6 Å². The van der Waals surface area contributed by atoms with Crippen LogP contribution in [0.15, 0.2) is 18.2 Å². The summed E-state index contributed by atoms with van der Waals surface area (Å²) in [6, 6.07) is 2.50. The second-order valence-corrected chi connectivity index (χ2v) is 3.08. The van der Waals surface area contributed by atoms with Crippen LogP contribution in [0.1, 0.15) is 10.4 Å². The first-order valence-electron chi connectivity index (χ1n) is 4.43. The quantitative estimate of drug-likeness (QED) is 0.629. The van der Waals surface area contributed by atoms with Gasteiger partial charge in [0.1, 0.15) is 5.69 Å². The van der Waals surface area contributed by atoms with Gasteiger partial charge in [-0.1, -0.05) is 0 Å². The predicted octanol–water partition coefficient (Wildman–Crippen LogP) is 1.50. The Balaban J connectivity index is 3.16. The van der Waals surface area contributed by atoms with E-state index in [1.807, 2.05) is 0 Å². The molecule has 1 amide bonds. The van der Waals surface area contributed by atoms with Crippen LogP contribution in [0.25, 0.3) is 0 Å². The van der Waals surface area contributed by atoms with Gasteiger partial charge in [0, 0.05) is 6.07 Å². The highest BCUT2D eigenvalue weighted by Crippen LogP contribution is 2.26. The molecule has 0 fully saturated rings. The molecule has 2 N–H and O–H groups in total. The first-order valence-corrected chi connectivity index (χ1v) is 4.43. The smallest absolute Gasteiger partial charge is 0.335 e. The number of anilines is 1. The molecule has 0 atom stereocenters. The van der Waals surface area contributed by atoms with E-state index in [1.54, 1.807) is 5.32 Å². The Hall–Kier alpha value is -2.58. The van der Waals surface area contributed by atoms with Crippen molar-refractivity contribution in [3.05, 3.63) is 33.9 Å². The number of hydrogen-bond donors (Lipinski definition) is 2. The fourth-order valence-electron chi connectivity index (χ4n) is 1.11. The minimum absolute atomic E-state index is 0.392. The predicted molar refractivity (Wildman–Crippen MR) is 54.7 cm³/mol. The summed E-state index contributed by atoms with van der Waals surface area (Å²) in [5.41, 5.74) is -1.66. The monoisotopic (exact) mass is 260 g/mol. The molecule has 0 aliphatic heterocycles. The maximum Gasteiger partial charge on any atom is 0.335 e. The fourth-order valence-corrected chi connectivity index (χ4v) is 1.11. The van der Waals surface area contributed by atoms with Crippen LogP contribution in [0.4, 0.5) is 20.2 Å². The number of carboxylic acid groups (broad SMARTS) is 1. The molecule has 0 heterocycles. The average molecular weight is 260 g/mol. The van der Waals surface area contributed by atoms with Gasteiger partial charge in [0.15, 0.2) is 0 Å². The Morgan fingerprint density at radius 3 is 2.44 bits per heavy atom. The van der Waals surface area contributed by atoms with Crippen molar-refractivity contribution in [2.75, 3.05) is 5.32 Å². The molecular formula is C9H6F2N2O5. The van der Waals surface area contributed by atoms with Crippen LogP contribution < -0.4 is 5.32 Å². The molecule has 9 heteroatoms. The summed E-state index contributed by atoms with van der Waals surface area (Å²) < 4.78 is 24.0. The summed E-state index contributed by atoms with van der Waals surface area (Å²) in [5.74, 6) is -3.12. The van der Waals surface area contributed by atoms with Crippen LogP contribution in [-0.2, 0) is 4.79 Å². The molecule has 1 rings (SSSR count). The van der Waals surface area contributed by atoms with Gasteiger partial charge in [-0.2, -0.15) is 8.78 Å². The number of nitro benzene ring substituents is 1. The molecule has 0 spiro atoms. The van der Waals surface area contributed by atoms with Crippen LogP contribution in [-0.4, -0.2) is 28.3 Å². The van der Waals surface area contributed by atoms with E-state index >= 15 is 0 Å². The van der Waals surface area contributed by atoms with E-state index in [2.05, 4.69) is 0 Å². The first-order chi connectivity index (χ1) is 8.32. The molecule has 7 nitrogen and oxygen atoms in total. The highest BCUT2D eigenvalue weighted by atomic mass is 19.3. The summed E-state index contributed by atoms with van der Waals surface area (Å²) in [5, 5.41) is 20.9. The average Bonchev–Trinajstić information content (AvgIpc) is 2.28. The van der Waals surface area contributed by atoms with E-state index < -0.39 is 40.2 Å². The number of nitro groups is 1. The minimum Gasteiger partial charge on any atom is -0.478 e. The second kappa shape index (κ2) is 5.17. The van der Waals surface area contributed by atoms with Gasteiger partial charge in [-0.3, -0.25) is 14.9 Å². The normalized spacial score (nSPS) is 10.2. The molecule has 0 saturated carbocycles. The van der Waals surface area contributed by atoms with Crippen molar-refractivity contribution in [1.29, 1.82) is 0 Å². The molecule has 0 aliphatic carbocycles. The number of carbonyl (C=O) groups excluding carboxylic acids is 1. The molecule has 0 aliphatic rings. The molecular weight excluding hydrogens is 254 g/mol. The number of nitrogens with zero attached hydrogens (tertiary/aromatic N) is 1. The Kier molecular flexibility index (Phi) is 3.87. The van der Waals surface area contributed by atoms with Gasteiger partial charge in [0.2, 0.25) is 0 Å². The summed E-state index contributed by atoms with van der Waals surface area (Å²) in [4.78, 5) is 30.9. The zero-order valence-electron chi connectivity index (χ0n) is 8.59. The van der Waals surface area contributed by atoms with Crippen molar-refractivity contribution < 1.29 is 28.4 Å². The lowest BCUT2D eigenvalue weighted by atomic mass is 10.1. The maximum absolute atomic E-state index is 12.0. The number of alkyl halides is 2. The number of halogens is 2. The number of carbonyl (C=O) groups is 2. The molecule has 0 radical (unpaired) electrons. The zero-order chi connectivity index (χ0) is 13.9. The third kappa shape index (κ3) is 2.97. The van der Waals surface area contributed by atoms with Gasteiger partial charge < -0.3 is 10.4 Å². The third-order valence-electron chi connectivity index (χ3n) is 1.90. The van der Waals surface area contributed by atoms with Crippen LogP contribution in [0, 0.1) is 10.1 Å². The van der Waals surface area contributed by atoms with Gasteiger partial charge in [-0.25, -0.2) is 4.79 Å². The van der Waals surface area contributed by atoms with Gasteiger partial charge >= 0.3 is 12.4 Å². The van der Waals surface area contributed by atoms with Crippen LogP contribution in [0.5, 0.6) is 0 Å². The summed E-state index contributed by atoms with van der Waals surface area (Å²) in [6.07, 6.45) is -3.33. The standard InChI is InChI=1S/C9H6F2N2O5/c10-7(11)8(14)12-5-2-1-4(9(15)16)3-6(5)13(17)18/h1-3,7H,(H,12,14)(H,15,16). The van der Waals surface area contributed by atoms with E-state index in [0.29, 0.717) is 6.07 Å². The highest BCUT2D eigenvalue weighted by molar-refractivity contribution is 5.96. The summed E-state index contributed by atoms with van der Waals surface area (Å²) >= 11 is 0. The van der Waals surface area contributed by atoms with Crippen molar-refractivity contribution >= 4 is 23.3 Å². The SMILES string of the molecule is O=C(O)c1ccc(NC(=O)C(F)F)c([N+](=O)[O-])c1. The number of benzene rings is 1. The molecule has 0 aromatic heterocycles. The molecule has 1 aromatic rings. The van der Waals surface area contributed by atoms with Crippen molar-refractivity contribution in [2.24, 2.45) is 0 Å². The lowest BCUT2D eigenvalue weighted by Crippen LogP contribution is -2.20. The van der Waals surface area contributed by atoms with Gasteiger partial charge in [-0.15, -0.1) is 0 Å². The molecule has 0 bridgehead atoms. The van der Waals surface area contributed by atoms with Crippen LogP contribution in [0.3, 0.4) is 0 Å². The van der Waals surface area contributed by atoms with E-state index in [-0.39, 0.29) is 0 Å². The molecule has 96 valence electrons.